The number of carbonyl (C=O) groups is 2. The van der Waals surface area contributed by atoms with Crippen LogP contribution >= 0.6 is 0 Å². The number of aryl methyl sites for hydroxylation is 1. The summed E-state index contributed by atoms with van der Waals surface area (Å²) < 4.78 is 5.26. The van der Waals surface area contributed by atoms with Crippen LogP contribution in [0.15, 0.2) is 34.9 Å². The molecule has 1 aliphatic rings. The first-order chi connectivity index (χ1) is 12.1. The van der Waals surface area contributed by atoms with E-state index in [2.05, 4.69) is 21.1 Å². The molecular weight excluding hydrogens is 320 g/mol. The zero-order valence-electron chi connectivity index (χ0n) is 14.2. The van der Waals surface area contributed by atoms with Gasteiger partial charge in [0.1, 0.15) is 11.7 Å². The molecule has 1 aliphatic heterocycles. The highest BCUT2D eigenvalue weighted by molar-refractivity contribution is 5.87. The molecule has 1 aromatic carbocycles. The number of nitrogens with zero attached hydrogens (tertiary/aromatic N) is 1. The van der Waals surface area contributed by atoms with E-state index in [-0.39, 0.29) is 12.5 Å². The third-order valence-electron chi connectivity index (χ3n) is 4.17. The quantitative estimate of drug-likeness (QED) is 0.793. The number of rotatable bonds is 4. The standard InChI is InChI=1S/C18H22N4O3/c1-12-5-7-13(8-6-12)16-10-14(25-22-16)11-20-18(24)21-15-4-2-3-9-19-17(15)23/h5-8,10,15H,2-4,9,11H2,1H3,(H,19,23)(H2,20,21,24)/t15-/m0/s1. The predicted octanol–water partition coefficient (Wildman–Crippen LogP) is 2.12. The molecule has 0 spiro atoms. The second-order valence-electron chi connectivity index (χ2n) is 6.21. The van der Waals surface area contributed by atoms with Crippen molar-refractivity contribution in [2.45, 2.75) is 38.8 Å². The first-order valence-electron chi connectivity index (χ1n) is 8.46. The lowest BCUT2D eigenvalue weighted by molar-refractivity contribution is -0.122. The molecule has 2 heterocycles. The fraction of sp³-hybridized carbons (Fsp3) is 0.389. The highest BCUT2D eigenvalue weighted by atomic mass is 16.5. The van der Waals surface area contributed by atoms with Gasteiger partial charge < -0.3 is 20.5 Å². The topological polar surface area (TPSA) is 96.3 Å². The summed E-state index contributed by atoms with van der Waals surface area (Å²) in [6.07, 6.45) is 2.50. The largest absolute Gasteiger partial charge is 0.359 e. The summed E-state index contributed by atoms with van der Waals surface area (Å²) in [6, 6.07) is 8.88. The average Bonchev–Trinajstić information content (AvgIpc) is 2.99. The molecule has 1 saturated heterocycles. The minimum Gasteiger partial charge on any atom is -0.359 e. The molecule has 3 amide bonds. The highest BCUT2D eigenvalue weighted by Crippen LogP contribution is 2.19. The van der Waals surface area contributed by atoms with Crippen LogP contribution in [0.4, 0.5) is 4.79 Å². The van der Waals surface area contributed by atoms with Gasteiger partial charge in [0.2, 0.25) is 5.91 Å². The summed E-state index contributed by atoms with van der Waals surface area (Å²) >= 11 is 0. The Morgan fingerprint density at radius 1 is 1.32 bits per heavy atom. The van der Waals surface area contributed by atoms with Crippen LogP contribution in [0.3, 0.4) is 0 Å². The van der Waals surface area contributed by atoms with E-state index in [1.165, 1.54) is 5.56 Å². The van der Waals surface area contributed by atoms with Gasteiger partial charge in [-0.05, 0) is 26.2 Å². The third kappa shape index (κ3) is 4.59. The van der Waals surface area contributed by atoms with Gasteiger partial charge in [-0.3, -0.25) is 4.79 Å². The number of nitrogens with one attached hydrogen (secondary N) is 3. The van der Waals surface area contributed by atoms with Crippen LogP contribution in [-0.2, 0) is 11.3 Å². The minimum atomic E-state index is -0.486. The van der Waals surface area contributed by atoms with Crippen molar-refractivity contribution >= 4 is 11.9 Å². The molecule has 1 fully saturated rings. The van der Waals surface area contributed by atoms with Crippen molar-refractivity contribution in [1.82, 2.24) is 21.1 Å². The van der Waals surface area contributed by atoms with Crippen LogP contribution in [0, 0.1) is 6.92 Å². The van der Waals surface area contributed by atoms with E-state index in [4.69, 9.17) is 4.52 Å². The van der Waals surface area contributed by atoms with E-state index in [0.29, 0.717) is 18.7 Å². The van der Waals surface area contributed by atoms with E-state index in [1.807, 2.05) is 31.2 Å². The van der Waals surface area contributed by atoms with Gasteiger partial charge in [-0.25, -0.2) is 4.79 Å². The lowest BCUT2D eigenvalue weighted by Gasteiger charge is -2.15. The van der Waals surface area contributed by atoms with Crippen LogP contribution < -0.4 is 16.0 Å². The zero-order chi connectivity index (χ0) is 17.6. The van der Waals surface area contributed by atoms with Gasteiger partial charge in [0, 0.05) is 18.2 Å². The maximum Gasteiger partial charge on any atom is 0.315 e. The van der Waals surface area contributed by atoms with Gasteiger partial charge in [-0.1, -0.05) is 35.0 Å². The summed E-state index contributed by atoms with van der Waals surface area (Å²) in [7, 11) is 0. The Morgan fingerprint density at radius 3 is 2.92 bits per heavy atom. The molecule has 0 radical (unpaired) electrons. The molecule has 132 valence electrons. The van der Waals surface area contributed by atoms with E-state index in [9.17, 15) is 9.59 Å². The number of urea groups is 1. The molecular formula is C18H22N4O3. The second kappa shape index (κ2) is 7.83. The Hall–Kier alpha value is -2.83. The van der Waals surface area contributed by atoms with Crippen molar-refractivity contribution in [3.05, 3.63) is 41.7 Å². The zero-order valence-corrected chi connectivity index (χ0v) is 14.2. The Balaban J connectivity index is 1.52. The molecule has 0 unspecified atom stereocenters. The van der Waals surface area contributed by atoms with Crippen molar-refractivity contribution in [2.24, 2.45) is 0 Å². The van der Waals surface area contributed by atoms with Crippen LogP contribution in [0.1, 0.15) is 30.6 Å². The van der Waals surface area contributed by atoms with E-state index < -0.39 is 12.1 Å². The average molecular weight is 342 g/mol. The molecule has 2 aromatic rings. The van der Waals surface area contributed by atoms with Crippen molar-refractivity contribution in [3.8, 4) is 11.3 Å². The monoisotopic (exact) mass is 342 g/mol. The predicted molar refractivity (Wildman–Crippen MR) is 92.7 cm³/mol. The molecule has 0 aliphatic carbocycles. The number of hydrogen-bond acceptors (Lipinski definition) is 4. The Kier molecular flexibility index (Phi) is 5.33. The molecule has 7 nitrogen and oxygen atoms in total. The molecule has 25 heavy (non-hydrogen) atoms. The summed E-state index contributed by atoms with van der Waals surface area (Å²) in [6.45, 7) is 2.90. The van der Waals surface area contributed by atoms with Crippen LogP contribution in [0.5, 0.6) is 0 Å². The Labute approximate surface area is 146 Å². The maximum atomic E-state index is 12.0. The Morgan fingerprint density at radius 2 is 2.12 bits per heavy atom. The number of carbonyl (C=O) groups excluding carboxylic acids is 2. The molecule has 0 saturated carbocycles. The van der Waals surface area contributed by atoms with E-state index >= 15 is 0 Å². The first-order valence-corrected chi connectivity index (χ1v) is 8.46. The molecule has 1 atom stereocenters. The van der Waals surface area contributed by atoms with Crippen LogP contribution in [0.25, 0.3) is 11.3 Å². The van der Waals surface area contributed by atoms with Crippen LogP contribution in [-0.4, -0.2) is 29.7 Å². The fourth-order valence-corrected chi connectivity index (χ4v) is 2.71. The Bertz CT molecular complexity index is 739. The van der Waals surface area contributed by atoms with E-state index in [0.717, 1.165) is 24.1 Å². The normalized spacial score (nSPS) is 17.5. The smallest absolute Gasteiger partial charge is 0.315 e. The number of hydrogen-bond donors (Lipinski definition) is 3. The molecule has 3 rings (SSSR count). The second-order valence-corrected chi connectivity index (χ2v) is 6.21. The van der Waals surface area contributed by atoms with Crippen LogP contribution in [0.2, 0.25) is 0 Å². The molecule has 7 heteroatoms. The molecule has 0 bridgehead atoms. The lowest BCUT2D eigenvalue weighted by Crippen LogP contribution is -2.48. The molecule has 1 aromatic heterocycles. The fourth-order valence-electron chi connectivity index (χ4n) is 2.71. The summed E-state index contributed by atoms with van der Waals surface area (Å²) in [5.74, 6) is 0.421. The third-order valence-corrected chi connectivity index (χ3v) is 4.17. The van der Waals surface area contributed by atoms with Gasteiger partial charge >= 0.3 is 6.03 Å². The van der Waals surface area contributed by atoms with Gasteiger partial charge in [0.15, 0.2) is 5.76 Å². The minimum absolute atomic E-state index is 0.131. The van der Waals surface area contributed by atoms with Gasteiger partial charge in [-0.2, -0.15) is 0 Å². The summed E-state index contributed by atoms with van der Waals surface area (Å²) in [4.78, 5) is 23.8. The van der Waals surface area contributed by atoms with Crippen molar-refractivity contribution in [2.75, 3.05) is 6.54 Å². The van der Waals surface area contributed by atoms with Gasteiger partial charge in [0.25, 0.3) is 0 Å². The van der Waals surface area contributed by atoms with E-state index in [1.54, 1.807) is 6.07 Å². The summed E-state index contributed by atoms with van der Waals surface area (Å²) in [5, 5.41) is 12.2. The van der Waals surface area contributed by atoms with Gasteiger partial charge in [-0.15, -0.1) is 0 Å². The number of benzene rings is 1. The molecule has 3 N–H and O–H groups in total. The van der Waals surface area contributed by atoms with Crippen molar-refractivity contribution in [3.63, 3.8) is 0 Å². The maximum absolute atomic E-state index is 12.0. The van der Waals surface area contributed by atoms with Crippen molar-refractivity contribution in [1.29, 1.82) is 0 Å². The van der Waals surface area contributed by atoms with Gasteiger partial charge in [0.05, 0.1) is 6.54 Å². The number of aromatic nitrogens is 1. The SMILES string of the molecule is Cc1ccc(-c2cc(CNC(=O)N[C@H]3CCCCNC3=O)on2)cc1. The van der Waals surface area contributed by atoms with Crippen molar-refractivity contribution < 1.29 is 14.1 Å². The highest BCUT2D eigenvalue weighted by Gasteiger charge is 2.22. The number of amides is 3. The summed E-state index contributed by atoms with van der Waals surface area (Å²) in [5.41, 5.74) is 2.86. The lowest BCUT2D eigenvalue weighted by atomic mass is 10.1. The first kappa shape index (κ1) is 17.0.